The van der Waals surface area contributed by atoms with Crippen molar-refractivity contribution in [3.63, 3.8) is 0 Å². The average molecular weight is 279 g/mol. The maximum Gasteiger partial charge on any atom is 0.172 e. The number of ketones is 1. The fraction of sp³-hybridized carbons (Fsp3) is 0.562. The fourth-order valence-electron chi connectivity index (χ4n) is 2.14. The molecule has 0 amide bonds. The summed E-state index contributed by atoms with van der Waals surface area (Å²) < 4.78 is 0. The molecule has 0 radical (unpaired) electrons. The van der Waals surface area contributed by atoms with Crippen LogP contribution in [0, 0.1) is 6.92 Å². The Morgan fingerprint density at radius 1 is 1.21 bits per heavy atom. The number of hydrogen-bond donors (Lipinski definition) is 0. The summed E-state index contributed by atoms with van der Waals surface area (Å²) in [6.45, 7) is 10.5. The Morgan fingerprint density at radius 2 is 1.89 bits per heavy atom. The molecule has 3 heteroatoms. The van der Waals surface area contributed by atoms with Gasteiger partial charge >= 0.3 is 0 Å². The Bertz CT molecular complexity index is 413. The first-order valence-electron chi connectivity index (χ1n) is 7.10. The second-order valence-corrected chi connectivity index (χ2v) is 5.75. The molecular formula is C16H25NOS. The Kier molecular flexibility index (Phi) is 7.00. The molecule has 0 unspecified atom stereocenters. The van der Waals surface area contributed by atoms with Crippen molar-refractivity contribution in [1.29, 1.82) is 0 Å². The quantitative estimate of drug-likeness (QED) is 0.526. The van der Waals surface area contributed by atoms with E-state index < -0.39 is 0 Å². The first-order chi connectivity index (χ1) is 9.13. The molecule has 1 aromatic carbocycles. The monoisotopic (exact) mass is 279 g/mol. The number of carbonyl (C=O) groups is 1. The molecule has 1 rings (SSSR count). The second-order valence-electron chi connectivity index (χ2n) is 4.65. The zero-order chi connectivity index (χ0) is 14.3. The Labute approximate surface area is 121 Å². The van der Waals surface area contributed by atoms with Crippen LogP contribution in [0.3, 0.4) is 0 Å². The number of benzene rings is 1. The highest BCUT2D eigenvalue weighted by atomic mass is 32.2. The summed E-state index contributed by atoms with van der Waals surface area (Å²) in [6.07, 6.45) is 1.12. The zero-order valence-corrected chi connectivity index (χ0v) is 13.3. The number of hydrogen-bond acceptors (Lipinski definition) is 3. The van der Waals surface area contributed by atoms with Gasteiger partial charge in [-0.05, 0) is 56.7 Å². The number of rotatable bonds is 8. The summed E-state index contributed by atoms with van der Waals surface area (Å²) in [7, 11) is 0. The van der Waals surface area contributed by atoms with Crippen molar-refractivity contribution in [3.8, 4) is 0 Å². The molecule has 0 fully saturated rings. The largest absolute Gasteiger partial charge is 0.372 e. The first-order valence-corrected chi connectivity index (χ1v) is 8.26. The standard InChI is InChI=1S/C16H25NOS/c1-5-10-19-12-16(18)14-8-9-15(13(4)11-14)17(6-2)7-3/h8-9,11H,5-7,10,12H2,1-4H3. The summed E-state index contributed by atoms with van der Waals surface area (Å²) in [5, 5.41) is 0. The molecule has 0 atom stereocenters. The molecule has 0 aliphatic rings. The van der Waals surface area contributed by atoms with Gasteiger partial charge in [-0.1, -0.05) is 6.92 Å². The molecule has 106 valence electrons. The predicted octanol–water partition coefficient (Wildman–Crippen LogP) is 4.17. The fourth-order valence-corrected chi connectivity index (χ4v) is 2.93. The Hall–Kier alpha value is -0.960. The van der Waals surface area contributed by atoms with Gasteiger partial charge in [-0.25, -0.2) is 0 Å². The minimum atomic E-state index is 0.243. The van der Waals surface area contributed by atoms with Crippen LogP contribution in [0.4, 0.5) is 5.69 Å². The second kappa shape index (κ2) is 8.26. The number of anilines is 1. The van der Waals surface area contributed by atoms with Crippen molar-refractivity contribution in [1.82, 2.24) is 0 Å². The van der Waals surface area contributed by atoms with Crippen LogP contribution in [0.1, 0.15) is 43.1 Å². The van der Waals surface area contributed by atoms with Crippen LogP contribution in [0.15, 0.2) is 18.2 Å². The smallest absolute Gasteiger partial charge is 0.172 e. The van der Waals surface area contributed by atoms with E-state index in [1.807, 2.05) is 12.1 Å². The molecule has 2 nitrogen and oxygen atoms in total. The highest BCUT2D eigenvalue weighted by Crippen LogP contribution is 2.22. The van der Waals surface area contributed by atoms with Crippen LogP contribution in [-0.2, 0) is 0 Å². The number of Topliss-reactive ketones (excluding diaryl/α,β-unsaturated/α-hetero) is 1. The molecule has 0 aliphatic carbocycles. The molecule has 0 aliphatic heterocycles. The number of thioether (sulfide) groups is 1. The van der Waals surface area contributed by atoms with E-state index in [1.165, 1.54) is 11.3 Å². The van der Waals surface area contributed by atoms with E-state index >= 15 is 0 Å². The molecule has 0 saturated heterocycles. The molecule has 0 N–H and O–H groups in total. The van der Waals surface area contributed by atoms with Crippen LogP contribution in [0.2, 0.25) is 0 Å². The Morgan fingerprint density at radius 3 is 2.42 bits per heavy atom. The van der Waals surface area contributed by atoms with Gasteiger partial charge < -0.3 is 4.90 Å². The van der Waals surface area contributed by atoms with Gasteiger partial charge in [0.05, 0.1) is 5.75 Å². The van der Waals surface area contributed by atoms with E-state index in [-0.39, 0.29) is 5.78 Å². The molecule has 0 heterocycles. The van der Waals surface area contributed by atoms with E-state index in [0.29, 0.717) is 5.75 Å². The molecule has 0 spiro atoms. The maximum absolute atomic E-state index is 12.1. The predicted molar refractivity (Wildman–Crippen MR) is 86.7 cm³/mol. The van der Waals surface area contributed by atoms with Crippen LogP contribution < -0.4 is 4.90 Å². The van der Waals surface area contributed by atoms with Crippen molar-refractivity contribution < 1.29 is 4.79 Å². The van der Waals surface area contributed by atoms with E-state index in [0.717, 1.165) is 30.8 Å². The lowest BCUT2D eigenvalue weighted by atomic mass is 10.1. The third-order valence-electron chi connectivity index (χ3n) is 3.20. The molecule has 0 aromatic heterocycles. The lowest BCUT2D eigenvalue weighted by molar-refractivity contribution is 0.102. The van der Waals surface area contributed by atoms with Gasteiger partial charge in [-0.15, -0.1) is 0 Å². The van der Waals surface area contributed by atoms with Crippen molar-refractivity contribution in [2.75, 3.05) is 29.5 Å². The summed E-state index contributed by atoms with van der Waals surface area (Å²) in [4.78, 5) is 14.4. The SMILES string of the molecule is CCCSCC(=O)c1ccc(N(CC)CC)c(C)c1. The summed E-state index contributed by atoms with van der Waals surface area (Å²) >= 11 is 1.72. The van der Waals surface area contributed by atoms with Crippen molar-refractivity contribution in [2.24, 2.45) is 0 Å². The third-order valence-corrected chi connectivity index (χ3v) is 4.37. The van der Waals surface area contributed by atoms with E-state index in [4.69, 9.17) is 0 Å². The number of carbonyl (C=O) groups excluding carboxylic acids is 1. The zero-order valence-electron chi connectivity index (χ0n) is 12.5. The average Bonchev–Trinajstić information content (AvgIpc) is 2.42. The van der Waals surface area contributed by atoms with Crippen LogP contribution in [0.25, 0.3) is 0 Å². The van der Waals surface area contributed by atoms with Crippen molar-refractivity contribution in [3.05, 3.63) is 29.3 Å². The summed E-state index contributed by atoms with van der Waals surface area (Å²) in [5.74, 6) is 1.90. The van der Waals surface area contributed by atoms with E-state index in [1.54, 1.807) is 11.8 Å². The maximum atomic E-state index is 12.1. The Balaban J connectivity index is 2.78. The van der Waals surface area contributed by atoms with Crippen LogP contribution in [-0.4, -0.2) is 30.4 Å². The number of nitrogens with zero attached hydrogens (tertiary/aromatic N) is 1. The van der Waals surface area contributed by atoms with Gasteiger partial charge in [0.2, 0.25) is 0 Å². The van der Waals surface area contributed by atoms with E-state index in [2.05, 4.69) is 38.7 Å². The molecule has 0 saturated carbocycles. The van der Waals surface area contributed by atoms with Gasteiger partial charge in [-0.2, -0.15) is 11.8 Å². The minimum Gasteiger partial charge on any atom is -0.372 e. The molecule has 1 aromatic rings. The van der Waals surface area contributed by atoms with Gasteiger partial charge in [0.15, 0.2) is 5.78 Å². The van der Waals surface area contributed by atoms with E-state index in [9.17, 15) is 4.79 Å². The number of aryl methyl sites for hydroxylation is 1. The lowest BCUT2D eigenvalue weighted by Gasteiger charge is -2.23. The first kappa shape index (κ1) is 16.1. The van der Waals surface area contributed by atoms with Crippen LogP contribution in [0.5, 0.6) is 0 Å². The minimum absolute atomic E-state index is 0.243. The topological polar surface area (TPSA) is 20.3 Å². The van der Waals surface area contributed by atoms with Gasteiger partial charge in [0.1, 0.15) is 0 Å². The van der Waals surface area contributed by atoms with Gasteiger partial charge in [0, 0.05) is 24.3 Å². The lowest BCUT2D eigenvalue weighted by Crippen LogP contribution is -2.22. The van der Waals surface area contributed by atoms with Crippen LogP contribution >= 0.6 is 11.8 Å². The van der Waals surface area contributed by atoms with Crippen molar-refractivity contribution >= 4 is 23.2 Å². The van der Waals surface area contributed by atoms with Gasteiger partial charge in [-0.3, -0.25) is 4.79 Å². The summed E-state index contributed by atoms with van der Waals surface area (Å²) in [5.41, 5.74) is 3.27. The van der Waals surface area contributed by atoms with Gasteiger partial charge in [0.25, 0.3) is 0 Å². The molecule has 0 bridgehead atoms. The van der Waals surface area contributed by atoms with Crippen molar-refractivity contribution in [2.45, 2.75) is 34.1 Å². The highest BCUT2D eigenvalue weighted by Gasteiger charge is 2.10. The summed E-state index contributed by atoms with van der Waals surface area (Å²) in [6, 6.07) is 6.08. The normalized spacial score (nSPS) is 10.5. The highest BCUT2D eigenvalue weighted by molar-refractivity contribution is 7.99. The molecular weight excluding hydrogens is 254 g/mol. The molecule has 19 heavy (non-hydrogen) atoms. The third kappa shape index (κ3) is 4.57.